The number of aliphatic imine (C=N–C) groups is 1. The van der Waals surface area contributed by atoms with Crippen LogP contribution in [0.4, 0.5) is 0 Å². The van der Waals surface area contributed by atoms with Crippen molar-refractivity contribution in [2.24, 2.45) is 10.4 Å². The molecular formula is C16H30IN5O. The first-order chi connectivity index (χ1) is 10.6. The standard InChI is InChI=1S/C16H29N5O.HI/c1-17-15(18-7-9-20(2)13-4-5-13)21-8-3-6-16(12-21)10-14(22)19-11-16;/h13H,3-12H2,1-2H3,(H,17,18)(H,19,22);1H. The monoisotopic (exact) mass is 435 g/mol. The van der Waals surface area contributed by atoms with Gasteiger partial charge in [0.15, 0.2) is 5.96 Å². The third kappa shape index (κ3) is 4.71. The van der Waals surface area contributed by atoms with Gasteiger partial charge in [-0.1, -0.05) is 0 Å². The Bertz CT molecular complexity index is 454. The average molecular weight is 435 g/mol. The van der Waals surface area contributed by atoms with E-state index in [1.165, 1.54) is 12.8 Å². The number of amides is 1. The fourth-order valence-corrected chi connectivity index (χ4v) is 3.80. The Morgan fingerprint density at radius 3 is 2.91 bits per heavy atom. The lowest BCUT2D eigenvalue weighted by Crippen LogP contribution is -2.52. The highest BCUT2D eigenvalue weighted by Crippen LogP contribution is 2.35. The Morgan fingerprint density at radius 2 is 2.30 bits per heavy atom. The largest absolute Gasteiger partial charge is 0.355 e. The molecular weight excluding hydrogens is 405 g/mol. The van der Waals surface area contributed by atoms with Gasteiger partial charge < -0.3 is 20.4 Å². The molecule has 2 N–H and O–H groups in total. The average Bonchev–Trinajstić information content (AvgIpc) is 3.30. The van der Waals surface area contributed by atoms with E-state index in [1.807, 2.05) is 7.05 Å². The summed E-state index contributed by atoms with van der Waals surface area (Å²) >= 11 is 0. The maximum absolute atomic E-state index is 11.6. The summed E-state index contributed by atoms with van der Waals surface area (Å²) in [4.78, 5) is 20.8. The maximum Gasteiger partial charge on any atom is 0.220 e. The van der Waals surface area contributed by atoms with Crippen LogP contribution in [0, 0.1) is 5.41 Å². The van der Waals surface area contributed by atoms with Crippen molar-refractivity contribution in [1.82, 2.24) is 20.4 Å². The highest BCUT2D eigenvalue weighted by atomic mass is 127. The molecule has 1 saturated carbocycles. The molecule has 0 aromatic heterocycles. The first-order valence-corrected chi connectivity index (χ1v) is 8.54. The van der Waals surface area contributed by atoms with Crippen molar-refractivity contribution in [3.63, 3.8) is 0 Å². The van der Waals surface area contributed by atoms with Crippen LogP contribution in [0.5, 0.6) is 0 Å². The summed E-state index contributed by atoms with van der Waals surface area (Å²) in [7, 11) is 4.06. The van der Waals surface area contributed by atoms with E-state index in [-0.39, 0.29) is 35.3 Å². The molecule has 0 aromatic carbocycles. The molecule has 2 saturated heterocycles. The van der Waals surface area contributed by atoms with Gasteiger partial charge in [0.05, 0.1) is 0 Å². The van der Waals surface area contributed by atoms with E-state index >= 15 is 0 Å². The van der Waals surface area contributed by atoms with Crippen LogP contribution in [0.25, 0.3) is 0 Å². The zero-order valence-corrected chi connectivity index (χ0v) is 16.6. The Kier molecular flexibility index (Phi) is 6.53. The normalized spacial score (nSPS) is 28.0. The van der Waals surface area contributed by atoms with Crippen LogP contribution in [0.15, 0.2) is 4.99 Å². The molecule has 1 spiro atoms. The van der Waals surface area contributed by atoms with Gasteiger partial charge in [-0.05, 0) is 32.7 Å². The minimum atomic E-state index is 0. The van der Waals surface area contributed by atoms with Crippen molar-refractivity contribution < 1.29 is 4.79 Å². The zero-order valence-electron chi connectivity index (χ0n) is 14.3. The van der Waals surface area contributed by atoms with E-state index in [9.17, 15) is 4.79 Å². The molecule has 23 heavy (non-hydrogen) atoms. The number of nitrogens with one attached hydrogen (secondary N) is 2. The van der Waals surface area contributed by atoms with Crippen LogP contribution < -0.4 is 10.6 Å². The molecule has 1 amide bonds. The number of nitrogens with zero attached hydrogens (tertiary/aromatic N) is 3. The highest BCUT2D eigenvalue weighted by molar-refractivity contribution is 14.0. The molecule has 0 aromatic rings. The van der Waals surface area contributed by atoms with Gasteiger partial charge in [0, 0.05) is 57.6 Å². The number of carbonyl (C=O) groups excluding carboxylic acids is 1. The van der Waals surface area contributed by atoms with Crippen LogP contribution in [-0.2, 0) is 4.79 Å². The first-order valence-electron chi connectivity index (χ1n) is 8.54. The van der Waals surface area contributed by atoms with Crippen molar-refractivity contribution in [2.75, 3.05) is 46.8 Å². The highest BCUT2D eigenvalue weighted by Gasteiger charge is 2.42. The lowest BCUT2D eigenvalue weighted by atomic mass is 9.79. The van der Waals surface area contributed by atoms with E-state index in [1.54, 1.807) is 0 Å². The Balaban J connectivity index is 0.00000192. The molecule has 0 bridgehead atoms. The molecule has 2 heterocycles. The second-order valence-corrected chi connectivity index (χ2v) is 7.16. The van der Waals surface area contributed by atoms with Crippen molar-refractivity contribution >= 4 is 35.8 Å². The van der Waals surface area contributed by atoms with E-state index in [0.717, 1.165) is 57.6 Å². The van der Waals surface area contributed by atoms with E-state index in [0.29, 0.717) is 6.42 Å². The molecule has 7 heteroatoms. The first kappa shape index (κ1) is 18.8. The summed E-state index contributed by atoms with van der Waals surface area (Å²) in [5.74, 6) is 1.19. The molecule has 1 unspecified atom stereocenters. The van der Waals surface area contributed by atoms with Crippen LogP contribution in [0.2, 0.25) is 0 Å². The van der Waals surface area contributed by atoms with Crippen molar-refractivity contribution in [1.29, 1.82) is 0 Å². The SMILES string of the molecule is CN=C(NCCN(C)C1CC1)N1CCCC2(CNC(=O)C2)C1.I. The number of hydrogen-bond donors (Lipinski definition) is 2. The van der Waals surface area contributed by atoms with Gasteiger partial charge in [-0.3, -0.25) is 9.79 Å². The number of guanidine groups is 1. The third-order valence-corrected chi connectivity index (χ3v) is 5.29. The molecule has 6 nitrogen and oxygen atoms in total. The summed E-state index contributed by atoms with van der Waals surface area (Å²) in [5.41, 5.74) is 0.123. The second kappa shape index (κ2) is 8.00. The van der Waals surface area contributed by atoms with E-state index in [4.69, 9.17) is 0 Å². The van der Waals surface area contributed by atoms with E-state index in [2.05, 4.69) is 32.5 Å². The molecule has 1 aliphatic carbocycles. The fraction of sp³-hybridized carbons (Fsp3) is 0.875. The molecule has 132 valence electrons. The Hall–Kier alpha value is -0.570. The van der Waals surface area contributed by atoms with E-state index < -0.39 is 0 Å². The van der Waals surface area contributed by atoms with Gasteiger partial charge in [0.2, 0.25) is 5.91 Å². The van der Waals surface area contributed by atoms with Crippen molar-refractivity contribution in [3.8, 4) is 0 Å². The van der Waals surface area contributed by atoms with Crippen LogP contribution in [0.1, 0.15) is 32.1 Å². The van der Waals surface area contributed by atoms with Gasteiger partial charge >= 0.3 is 0 Å². The zero-order chi connectivity index (χ0) is 15.6. The van der Waals surface area contributed by atoms with Crippen LogP contribution in [0.3, 0.4) is 0 Å². The Morgan fingerprint density at radius 1 is 1.52 bits per heavy atom. The number of likely N-dealkylation sites (tertiary alicyclic amines) is 1. The summed E-state index contributed by atoms with van der Waals surface area (Å²) in [6.45, 7) is 4.78. The number of carbonyl (C=O) groups is 1. The quantitative estimate of drug-likeness (QED) is 0.391. The number of likely N-dealkylation sites (N-methyl/N-ethyl adjacent to an activating group) is 1. The summed E-state index contributed by atoms with van der Waals surface area (Å²) < 4.78 is 0. The van der Waals surface area contributed by atoms with Gasteiger partial charge in [0.25, 0.3) is 0 Å². The van der Waals surface area contributed by atoms with Crippen molar-refractivity contribution in [2.45, 2.75) is 38.1 Å². The fourth-order valence-electron chi connectivity index (χ4n) is 3.80. The number of piperidine rings is 1. The smallest absolute Gasteiger partial charge is 0.220 e. The predicted octanol–water partition coefficient (Wildman–Crippen LogP) is 0.876. The number of rotatable bonds is 4. The summed E-state index contributed by atoms with van der Waals surface area (Å²) in [6, 6.07) is 0.803. The Labute approximate surface area is 156 Å². The lowest BCUT2D eigenvalue weighted by molar-refractivity contribution is -0.119. The summed E-state index contributed by atoms with van der Waals surface area (Å²) in [5, 5.41) is 6.50. The van der Waals surface area contributed by atoms with Crippen molar-refractivity contribution in [3.05, 3.63) is 0 Å². The third-order valence-electron chi connectivity index (χ3n) is 5.29. The van der Waals surface area contributed by atoms with Gasteiger partial charge in [-0.25, -0.2) is 0 Å². The van der Waals surface area contributed by atoms with Crippen LogP contribution in [-0.4, -0.2) is 74.5 Å². The molecule has 3 fully saturated rings. The molecule has 0 radical (unpaired) electrons. The minimum Gasteiger partial charge on any atom is -0.355 e. The minimum absolute atomic E-state index is 0. The predicted molar refractivity (Wildman–Crippen MR) is 103 cm³/mol. The topological polar surface area (TPSA) is 60.0 Å². The van der Waals surface area contributed by atoms with Gasteiger partial charge in [0.1, 0.15) is 0 Å². The van der Waals surface area contributed by atoms with Gasteiger partial charge in [-0.15, -0.1) is 24.0 Å². The second-order valence-electron chi connectivity index (χ2n) is 7.16. The molecule has 3 aliphatic rings. The molecule has 1 atom stereocenters. The maximum atomic E-state index is 11.6. The van der Waals surface area contributed by atoms with Crippen LogP contribution >= 0.6 is 24.0 Å². The lowest BCUT2D eigenvalue weighted by Gasteiger charge is -2.40. The molecule has 2 aliphatic heterocycles. The number of halogens is 1. The van der Waals surface area contributed by atoms with Gasteiger partial charge in [-0.2, -0.15) is 0 Å². The molecule has 3 rings (SSSR count). The summed E-state index contributed by atoms with van der Waals surface area (Å²) in [6.07, 6.45) is 5.65. The number of hydrogen-bond acceptors (Lipinski definition) is 3.